The SMILES string of the molecule is c1ccc(N2CCN(CC3CNCCO3)CC2)cc1. The van der Waals surface area contributed by atoms with Crippen molar-refractivity contribution < 1.29 is 4.74 Å². The molecule has 0 amide bonds. The molecule has 0 saturated carbocycles. The molecule has 0 aliphatic carbocycles. The summed E-state index contributed by atoms with van der Waals surface area (Å²) in [5.74, 6) is 0. The normalized spacial score (nSPS) is 25.5. The maximum atomic E-state index is 5.77. The first-order valence-electron chi connectivity index (χ1n) is 7.26. The molecule has 0 bridgehead atoms. The Kier molecular flexibility index (Phi) is 4.33. The molecule has 0 aromatic heterocycles. The van der Waals surface area contributed by atoms with Crippen molar-refractivity contribution in [1.29, 1.82) is 0 Å². The molecule has 1 N–H and O–H groups in total. The number of morpholine rings is 1. The lowest BCUT2D eigenvalue weighted by Gasteiger charge is -2.38. The van der Waals surface area contributed by atoms with Crippen LogP contribution in [0.25, 0.3) is 0 Å². The first-order chi connectivity index (χ1) is 9.42. The highest BCUT2D eigenvalue weighted by Gasteiger charge is 2.21. The highest BCUT2D eigenvalue weighted by molar-refractivity contribution is 5.46. The minimum absolute atomic E-state index is 0.372. The molecule has 1 aromatic carbocycles. The Balaban J connectivity index is 1.46. The molecule has 0 radical (unpaired) electrons. The van der Waals surface area contributed by atoms with Crippen LogP contribution in [0.4, 0.5) is 5.69 Å². The Labute approximate surface area is 115 Å². The molecule has 4 nitrogen and oxygen atoms in total. The van der Waals surface area contributed by atoms with Gasteiger partial charge in [0.05, 0.1) is 12.7 Å². The molecule has 2 heterocycles. The van der Waals surface area contributed by atoms with Gasteiger partial charge in [0.25, 0.3) is 0 Å². The summed E-state index contributed by atoms with van der Waals surface area (Å²) in [5.41, 5.74) is 1.35. The van der Waals surface area contributed by atoms with Gasteiger partial charge in [-0.1, -0.05) is 18.2 Å². The van der Waals surface area contributed by atoms with Crippen LogP contribution in [-0.2, 0) is 4.74 Å². The molecular formula is C15H23N3O. The summed E-state index contributed by atoms with van der Waals surface area (Å²) in [6.45, 7) is 8.42. The zero-order chi connectivity index (χ0) is 12.9. The molecule has 4 heteroatoms. The van der Waals surface area contributed by atoms with E-state index in [1.807, 2.05) is 0 Å². The topological polar surface area (TPSA) is 27.7 Å². The van der Waals surface area contributed by atoms with Gasteiger partial charge in [0, 0.05) is 51.5 Å². The second kappa shape index (κ2) is 6.37. The summed E-state index contributed by atoms with van der Waals surface area (Å²) in [5, 5.41) is 3.40. The molecular weight excluding hydrogens is 238 g/mol. The maximum Gasteiger partial charge on any atom is 0.0826 e. The third-order valence-corrected chi connectivity index (χ3v) is 3.96. The fourth-order valence-electron chi connectivity index (χ4n) is 2.85. The maximum absolute atomic E-state index is 5.77. The quantitative estimate of drug-likeness (QED) is 0.871. The summed E-state index contributed by atoms with van der Waals surface area (Å²) < 4.78 is 5.77. The highest BCUT2D eigenvalue weighted by Crippen LogP contribution is 2.15. The van der Waals surface area contributed by atoms with E-state index in [4.69, 9.17) is 4.74 Å². The first kappa shape index (κ1) is 12.9. The largest absolute Gasteiger partial charge is 0.374 e. The number of rotatable bonds is 3. The molecule has 1 atom stereocenters. The first-order valence-corrected chi connectivity index (χ1v) is 7.26. The predicted octanol–water partition coefficient (Wildman–Crippen LogP) is 0.797. The van der Waals surface area contributed by atoms with Crippen molar-refractivity contribution in [3.05, 3.63) is 30.3 Å². The van der Waals surface area contributed by atoms with E-state index < -0.39 is 0 Å². The highest BCUT2D eigenvalue weighted by atomic mass is 16.5. The standard InChI is InChI=1S/C15H23N3O/c1-2-4-14(5-3-1)18-9-7-17(8-10-18)13-15-12-16-6-11-19-15/h1-5,15-16H,6-13H2. The predicted molar refractivity (Wildman–Crippen MR) is 77.7 cm³/mol. The van der Waals surface area contributed by atoms with Crippen LogP contribution in [0.2, 0.25) is 0 Å². The fraction of sp³-hybridized carbons (Fsp3) is 0.600. The summed E-state index contributed by atoms with van der Waals surface area (Å²) in [7, 11) is 0. The van der Waals surface area contributed by atoms with E-state index in [0.29, 0.717) is 6.10 Å². The molecule has 1 aromatic rings. The summed E-state index contributed by atoms with van der Waals surface area (Å²) in [6, 6.07) is 10.7. The third kappa shape index (κ3) is 3.47. The summed E-state index contributed by atoms with van der Waals surface area (Å²) >= 11 is 0. The Hall–Kier alpha value is -1.10. The molecule has 2 aliphatic heterocycles. The second-order valence-corrected chi connectivity index (χ2v) is 5.32. The Bertz CT molecular complexity index is 370. The van der Waals surface area contributed by atoms with Crippen LogP contribution in [0.5, 0.6) is 0 Å². The van der Waals surface area contributed by atoms with E-state index in [2.05, 4.69) is 45.4 Å². The van der Waals surface area contributed by atoms with Crippen molar-refractivity contribution in [1.82, 2.24) is 10.2 Å². The number of piperazine rings is 1. The number of nitrogens with zero attached hydrogens (tertiary/aromatic N) is 2. The van der Waals surface area contributed by atoms with Gasteiger partial charge in [0.15, 0.2) is 0 Å². The van der Waals surface area contributed by atoms with E-state index in [1.54, 1.807) is 0 Å². The van der Waals surface area contributed by atoms with Gasteiger partial charge in [-0.2, -0.15) is 0 Å². The minimum Gasteiger partial charge on any atom is -0.374 e. The van der Waals surface area contributed by atoms with E-state index >= 15 is 0 Å². The Morgan fingerprint density at radius 2 is 1.89 bits per heavy atom. The van der Waals surface area contributed by atoms with E-state index in [-0.39, 0.29) is 0 Å². The van der Waals surface area contributed by atoms with Crippen LogP contribution in [0, 0.1) is 0 Å². The van der Waals surface area contributed by atoms with Crippen LogP contribution in [0.3, 0.4) is 0 Å². The van der Waals surface area contributed by atoms with Crippen molar-refractivity contribution in [2.45, 2.75) is 6.10 Å². The summed E-state index contributed by atoms with van der Waals surface area (Å²) in [6.07, 6.45) is 0.372. The molecule has 0 spiro atoms. The number of anilines is 1. The fourth-order valence-corrected chi connectivity index (χ4v) is 2.85. The lowest BCUT2D eigenvalue weighted by molar-refractivity contribution is 0.00465. The zero-order valence-electron chi connectivity index (χ0n) is 11.4. The van der Waals surface area contributed by atoms with Gasteiger partial charge >= 0.3 is 0 Å². The Morgan fingerprint density at radius 3 is 2.58 bits per heavy atom. The van der Waals surface area contributed by atoms with Crippen LogP contribution in [-0.4, -0.2) is 63.4 Å². The van der Waals surface area contributed by atoms with Gasteiger partial charge in [-0.15, -0.1) is 0 Å². The molecule has 2 fully saturated rings. The average Bonchev–Trinajstić information content (AvgIpc) is 2.50. The third-order valence-electron chi connectivity index (χ3n) is 3.96. The smallest absolute Gasteiger partial charge is 0.0826 e. The van der Waals surface area contributed by atoms with Gasteiger partial charge in [-0.3, -0.25) is 4.90 Å². The van der Waals surface area contributed by atoms with Crippen molar-refractivity contribution in [2.75, 3.05) is 57.3 Å². The average molecular weight is 261 g/mol. The molecule has 2 saturated heterocycles. The van der Waals surface area contributed by atoms with Crippen molar-refractivity contribution in [3.63, 3.8) is 0 Å². The molecule has 19 heavy (non-hydrogen) atoms. The van der Waals surface area contributed by atoms with Crippen LogP contribution in [0.15, 0.2) is 30.3 Å². The van der Waals surface area contributed by atoms with E-state index in [9.17, 15) is 0 Å². The number of benzene rings is 1. The monoisotopic (exact) mass is 261 g/mol. The van der Waals surface area contributed by atoms with E-state index in [1.165, 1.54) is 5.69 Å². The van der Waals surface area contributed by atoms with Crippen molar-refractivity contribution in [2.24, 2.45) is 0 Å². The lowest BCUT2D eigenvalue weighted by Crippen LogP contribution is -2.51. The van der Waals surface area contributed by atoms with Gasteiger partial charge in [-0.05, 0) is 12.1 Å². The van der Waals surface area contributed by atoms with Crippen LogP contribution in [0.1, 0.15) is 0 Å². The number of hydrogen-bond acceptors (Lipinski definition) is 4. The molecule has 3 rings (SSSR count). The van der Waals surface area contributed by atoms with Gasteiger partial charge in [-0.25, -0.2) is 0 Å². The summed E-state index contributed by atoms with van der Waals surface area (Å²) in [4.78, 5) is 4.99. The van der Waals surface area contributed by atoms with E-state index in [0.717, 1.165) is 52.4 Å². The number of nitrogens with one attached hydrogen (secondary N) is 1. The minimum atomic E-state index is 0.372. The van der Waals surface area contributed by atoms with Crippen molar-refractivity contribution in [3.8, 4) is 0 Å². The zero-order valence-corrected chi connectivity index (χ0v) is 11.4. The number of hydrogen-bond donors (Lipinski definition) is 1. The molecule has 104 valence electrons. The molecule has 2 aliphatic rings. The number of ether oxygens (including phenoxy) is 1. The second-order valence-electron chi connectivity index (χ2n) is 5.32. The van der Waals surface area contributed by atoms with Crippen molar-refractivity contribution >= 4 is 5.69 Å². The lowest BCUT2D eigenvalue weighted by atomic mass is 10.2. The van der Waals surface area contributed by atoms with Crippen LogP contribution < -0.4 is 10.2 Å². The Morgan fingerprint density at radius 1 is 1.11 bits per heavy atom. The molecule has 1 unspecified atom stereocenters. The number of para-hydroxylation sites is 1. The van der Waals surface area contributed by atoms with Gasteiger partial charge in [0.1, 0.15) is 0 Å². The van der Waals surface area contributed by atoms with Gasteiger partial charge in [0.2, 0.25) is 0 Å². The van der Waals surface area contributed by atoms with Crippen LogP contribution >= 0.6 is 0 Å². The van der Waals surface area contributed by atoms with Gasteiger partial charge < -0.3 is 15.0 Å².